The van der Waals surface area contributed by atoms with E-state index in [0.29, 0.717) is 39.1 Å². The normalized spacial score (nSPS) is 20.7. The Morgan fingerprint density at radius 3 is 2.60 bits per heavy atom. The Morgan fingerprint density at radius 2 is 1.97 bits per heavy atom. The van der Waals surface area contributed by atoms with Crippen LogP contribution >= 0.6 is 0 Å². The van der Waals surface area contributed by atoms with Crippen molar-refractivity contribution < 1.29 is 14.3 Å². The standard InChI is InChI=1S/C21H34N6O3/c1-25(2)19-13-17(16-12-20(29)27(14-16)10-11-30-3)23-21(24-19)15-4-7-26(8-5-15)9-6-18(22)28/h13,15-16H,4-12,14H2,1-3H3,(H2,22,28). The van der Waals surface area contributed by atoms with Gasteiger partial charge in [0, 0.05) is 71.6 Å². The first kappa shape index (κ1) is 22.4. The van der Waals surface area contributed by atoms with Gasteiger partial charge in [-0.3, -0.25) is 9.59 Å². The van der Waals surface area contributed by atoms with Gasteiger partial charge in [0.1, 0.15) is 11.6 Å². The molecule has 2 fully saturated rings. The molecule has 0 saturated carbocycles. The number of hydrogen-bond acceptors (Lipinski definition) is 7. The van der Waals surface area contributed by atoms with Gasteiger partial charge in [0.15, 0.2) is 0 Å². The number of aromatic nitrogens is 2. The van der Waals surface area contributed by atoms with E-state index in [2.05, 4.69) is 4.90 Å². The molecular weight excluding hydrogens is 384 g/mol. The number of carbonyl (C=O) groups excluding carboxylic acids is 2. The molecule has 1 aromatic rings. The number of nitrogens with two attached hydrogens (primary N) is 1. The average molecular weight is 419 g/mol. The molecule has 0 aliphatic carbocycles. The SMILES string of the molecule is COCCN1CC(c2cc(N(C)C)nc(C3CCN(CCC(N)=O)CC3)n2)CC1=O. The van der Waals surface area contributed by atoms with Crippen LogP contribution in [0.25, 0.3) is 0 Å². The van der Waals surface area contributed by atoms with Gasteiger partial charge in [0.05, 0.1) is 12.3 Å². The van der Waals surface area contributed by atoms with Crippen molar-refractivity contribution in [1.82, 2.24) is 19.8 Å². The first-order chi connectivity index (χ1) is 14.4. The van der Waals surface area contributed by atoms with Crippen LogP contribution in [0.4, 0.5) is 5.82 Å². The van der Waals surface area contributed by atoms with E-state index in [1.165, 1.54) is 0 Å². The quantitative estimate of drug-likeness (QED) is 0.625. The Morgan fingerprint density at radius 1 is 1.23 bits per heavy atom. The van der Waals surface area contributed by atoms with Crippen LogP contribution in [0.3, 0.4) is 0 Å². The van der Waals surface area contributed by atoms with Gasteiger partial charge in [-0.25, -0.2) is 9.97 Å². The molecule has 0 spiro atoms. The van der Waals surface area contributed by atoms with Crippen LogP contribution in [0.1, 0.15) is 49.0 Å². The molecule has 3 heterocycles. The van der Waals surface area contributed by atoms with Gasteiger partial charge in [0.25, 0.3) is 0 Å². The summed E-state index contributed by atoms with van der Waals surface area (Å²) in [5.74, 6) is 2.03. The van der Waals surface area contributed by atoms with E-state index in [1.807, 2.05) is 30.0 Å². The van der Waals surface area contributed by atoms with Gasteiger partial charge in [-0.15, -0.1) is 0 Å². The number of methoxy groups -OCH3 is 1. The summed E-state index contributed by atoms with van der Waals surface area (Å²) in [6, 6.07) is 2.02. The number of piperidine rings is 1. The Bertz CT molecular complexity index is 748. The highest BCUT2D eigenvalue weighted by Crippen LogP contribution is 2.32. The zero-order valence-corrected chi connectivity index (χ0v) is 18.3. The van der Waals surface area contributed by atoms with E-state index in [-0.39, 0.29) is 23.7 Å². The second-order valence-corrected chi connectivity index (χ2v) is 8.47. The Labute approximate surface area is 178 Å². The van der Waals surface area contributed by atoms with Gasteiger partial charge >= 0.3 is 0 Å². The topological polar surface area (TPSA) is 105 Å². The van der Waals surface area contributed by atoms with Crippen LogP contribution in [-0.4, -0.2) is 92.1 Å². The third kappa shape index (κ3) is 5.66. The van der Waals surface area contributed by atoms with Crippen LogP contribution in [0.15, 0.2) is 6.07 Å². The van der Waals surface area contributed by atoms with Gasteiger partial charge in [-0.2, -0.15) is 0 Å². The van der Waals surface area contributed by atoms with E-state index < -0.39 is 0 Å². The summed E-state index contributed by atoms with van der Waals surface area (Å²) in [7, 11) is 5.61. The third-order valence-corrected chi connectivity index (χ3v) is 6.03. The van der Waals surface area contributed by atoms with Crippen molar-refractivity contribution in [2.24, 2.45) is 5.73 Å². The molecule has 9 heteroatoms. The molecule has 166 valence electrons. The fourth-order valence-electron chi connectivity index (χ4n) is 4.16. The molecule has 2 aliphatic heterocycles. The lowest BCUT2D eigenvalue weighted by Crippen LogP contribution is -2.35. The molecule has 9 nitrogen and oxygen atoms in total. The number of rotatable bonds is 9. The van der Waals surface area contributed by atoms with Gasteiger partial charge in [-0.05, 0) is 25.9 Å². The van der Waals surface area contributed by atoms with E-state index in [4.69, 9.17) is 20.4 Å². The maximum absolute atomic E-state index is 12.4. The highest BCUT2D eigenvalue weighted by Gasteiger charge is 2.33. The van der Waals surface area contributed by atoms with Crippen molar-refractivity contribution in [3.05, 3.63) is 17.6 Å². The number of amides is 2. The average Bonchev–Trinajstić information content (AvgIpc) is 3.11. The fourth-order valence-corrected chi connectivity index (χ4v) is 4.16. The summed E-state index contributed by atoms with van der Waals surface area (Å²) in [6.07, 6.45) is 2.80. The molecule has 2 aliphatic rings. The second-order valence-electron chi connectivity index (χ2n) is 8.47. The molecule has 3 rings (SSSR count). The highest BCUT2D eigenvalue weighted by atomic mass is 16.5. The number of primary amides is 1. The van der Waals surface area contributed by atoms with E-state index in [1.54, 1.807) is 7.11 Å². The van der Waals surface area contributed by atoms with Crippen LogP contribution in [0.2, 0.25) is 0 Å². The molecule has 2 N–H and O–H groups in total. The van der Waals surface area contributed by atoms with Crippen LogP contribution in [0, 0.1) is 0 Å². The second kappa shape index (κ2) is 10.2. The zero-order chi connectivity index (χ0) is 21.7. The molecule has 1 atom stereocenters. The van der Waals surface area contributed by atoms with Crippen molar-refractivity contribution in [3.8, 4) is 0 Å². The monoisotopic (exact) mass is 418 g/mol. The number of hydrogen-bond donors (Lipinski definition) is 1. The number of carbonyl (C=O) groups is 2. The van der Waals surface area contributed by atoms with Gasteiger partial charge in [-0.1, -0.05) is 0 Å². The molecule has 0 bridgehead atoms. The minimum atomic E-state index is -0.255. The summed E-state index contributed by atoms with van der Waals surface area (Å²) in [4.78, 5) is 39.3. The molecule has 2 saturated heterocycles. The lowest BCUT2D eigenvalue weighted by molar-refractivity contribution is -0.128. The predicted molar refractivity (Wildman–Crippen MR) is 114 cm³/mol. The number of anilines is 1. The van der Waals surface area contributed by atoms with Crippen LogP contribution < -0.4 is 10.6 Å². The van der Waals surface area contributed by atoms with Crippen molar-refractivity contribution in [2.45, 2.75) is 37.5 Å². The van der Waals surface area contributed by atoms with Crippen molar-refractivity contribution in [2.75, 3.05) is 65.4 Å². The van der Waals surface area contributed by atoms with E-state index >= 15 is 0 Å². The van der Waals surface area contributed by atoms with Crippen molar-refractivity contribution in [1.29, 1.82) is 0 Å². The number of ether oxygens (including phenoxy) is 1. The number of nitrogens with zero attached hydrogens (tertiary/aromatic N) is 5. The molecule has 30 heavy (non-hydrogen) atoms. The summed E-state index contributed by atoms with van der Waals surface area (Å²) >= 11 is 0. The highest BCUT2D eigenvalue weighted by molar-refractivity contribution is 5.79. The van der Waals surface area contributed by atoms with E-state index in [0.717, 1.165) is 43.3 Å². The Kier molecular flexibility index (Phi) is 7.60. The van der Waals surface area contributed by atoms with Crippen LogP contribution in [0.5, 0.6) is 0 Å². The minimum absolute atomic E-state index is 0.0884. The van der Waals surface area contributed by atoms with Gasteiger partial charge < -0.3 is 25.2 Å². The summed E-state index contributed by atoms with van der Waals surface area (Å²) in [5, 5.41) is 0. The number of likely N-dealkylation sites (tertiary alicyclic amines) is 2. The van der Waals surface area contributed by atoms with Crippen LogP contribution in [-0.2, 0) is 14.3 Å². The lowest BCUT2D eigenvalue weighted by Gasteiger charge is -2.31. The van der Waals surface area contributed by atoms with Crippen molar-refractivity contribution >= 4 is 17.6 Å². The smallest absolute Gasteiger partial charge is 0.223 e. The molecule has 1 unspecified atom stereocenters. The Hall–Kier alpha value is -2.26. The minimum Gasteiger partial charge on any atom is -0.383 e. The van der Waals surface area contributed by atoms with Gasteiger partial charge in [0.2, 0.25) is 11.8 Å². The first-order valence-corrected chi connectivity index (χ1v) is 10.7. The molecule has 0 aromatic carbocycles. The summed E-state index contributed by atoms with van der Waals surface area (Å²) < 4.78 is 5.13. The molecular formula is C21H34N6O3. The molecule has 0 radical (unpaired) electrons. The Balaban J connectivity index is 1.71. The lowest BCUT2D eigenvalue weighted by atomic mass is 9.95. The molecule has 1 aromatic heterocycles. The summed E-state index contributed by atoms with van der Waals surface area (Å²) in [5.41, 5.74) is 6.22. The molecule has 2 amide bonds. The van der Waals surface area contributed by atoms with E-state index in [9.17, 15) is 9.59 Å². The zero-order valence-electron chi connectivity index (χ0n) is 18.3. The van der Waals surface area contributed by atoms with Crippen molar-refractivity contribution in [3.63, 3.8) is 0 Å². The predicted octanol–water partition coefficient (Wildman–Crippen LogP) is 0.560. The third-order valence-electron chi connectivity index (χ3n) is 6.03. The summed E-state index contributed by atoms with van der Waals surface area (Å²) in [6.45, 7) is 4.38. The fraction of sp³-hybridized carbons (Fsp3) is 0.714. The first-order valence-electron chi connectivity index (χ1n) is 10.7. The largest absolute Gasteiger partial charge is 0.383 e. The maximum Gasteiger partial charge on any atom is 0.223 e. The maximum atomic E-state index is 12.4.